The first kappa shape index (κ1) is 24.1. The highest BCUT2D eigenvalue weighted by Gasteiger charge is 2.59. The van der Waals surface area contributed by atoms with Crippen LogP contribution in [0.5, 0.6) is 0 Å². The van der Waals surface area contributed by atoms with E-state index < -0.39 is 5.41 Å². The summed E-state index contributed by atoms with van der Waals surface area (Å²) in [6, 6.07) is 12.2. The summed E-state index contributed by atoms with van der Waals surface area (Å²) >= 11 is 6.44. The summed E-state index contributed by atoms with van der Waals surface area (Å²) in [5, 5.41) is 0.875. The van der Waals surface area contributed by atoms with E-state index in [4.69, 9.17) is 11.6 Å². The largest absolute Gasteiger partial charge is 0.342 e. The summed E-state index contributed by atoms with van der Waals surface area (Å²) in [7, 11) is 0. The van der Waals surface area contributed by atoms with Gasteiger partial charge in [0.1, 0.15) is 12.1 Å². The lowest BCUT2D eigenvalue weighted by Crippen LogP contribution is -2.45. The molecule has 1 amide bonds. The van der Waals surface area contributed by atoms with Crippen molar-refractivity contribution < 1.29 is 9.59 Å². The first-order chi connectivity index (χ1) is 18.2. The second-order valence-electron chi connectivity index (χ2n) is 12.6. The fourth-order valence-corrected chi connectivity index (χ4v) is 8.23. The minimum atomic E-state index is -0.405. The van der Waals surface area contributed by atoms with Crippen molar-refractivity contribution in [2.45, 2.75) is 70.1 Å². The smallest absolute Gasteiger partial charge is 0.282 e. The molecule has 196 valence electrons. The van der Waals surface area contributed by atoms with E-state index in [2.05, 4.69) is 46.5 Å². The number of hydrogen-bond acceptors (Lipinski definition) is 4. The Morgan fingerprint density at radius 2 is 1.82 bits per heavy atom. The number of carbonyl (C=O) groups excluding carboxylic acids is 2. The number of likely N-dealkylation sites (tertiary alicyclic amines) is 1. The number of fused-ring (bicyclic) bond motifs is 7. The second-order valence-corrected chi connectivity index (χ2v) is 13.0. The van der Waals surface area contributed by atoms with Crippen molar-refractivity contribution in [2.24, 2.45) is 10.8 Å². The molecule has 3 fully saturated rings. The Balaban J connectivity index is 1.18. The van der Waals surface area contributed by atoms with Gasteiger partial charge in [0, 0.05) is 18.5 Å². The zero-order valence-corrected chi connectivity index (χ0v) is 22.7. The fourth-order valence-electron chi connectivity index (χ4n) is 7.98. The lowest BCUT2D eigenvalue weighted by Gasteiger charge is -2.38. The molecule has 7 heteroatoms. The van der Waals surface area contributed by atoms with Crippen molar-refractivity contribution in [3.63, 3.8) is 0 Å². The van der Waals surface area contributed by atoms with Gasteiger partial charge in [-0.3, -0.25) is 14.2 Å². The van der Waals surface area contributed by atoms with E-state index >= 15 is 0 Å². The van der Waals surface area contributed by atoms with Gasteiger partial charge in [0.15, 0.2) is 0 Å². The van der Waals surface area contributed by atoms with E-state index in [1.165, 1.54) is 5.56 Å². The molecule has 3 aromatic rings. The highest BCUT2D eigenvalue weighted by Crippen LogP contribution is 2.61. The number of halogens is 1. The van der Waals surface area contributed by atoms with E-state index in [1.807, 2.05) is 12.1 Å². The molecule has 0 radical (unpaired) electrons. The Labute approximate surface area is 227 Å². The van der Waals surface area contributed by atoms with E-state index in [0.717, 1.165) is 86.9 Å². The van der Waals surface area contributed by atoms with Gasteiger partial charge in [-0.2, -0.15) is 4.98 Å². The van der Waals surface area contributed by atoms with Crippen molar-refractivity contribution in [1.29, 1.82) is 0 Å². The average Bonchev–Trinajstić information content (AvgIpc) is 3.57. The molecule has 7 rings (SSSR count). The average molecular weight is 530 g/mol. The second kappa shape index (κ2) is 8.01. The molecule has 0 atom stereocenters. The van der Waals surface area contributed by atoms with Crippen LogP contribution in [0.4, 0.5) is 0 Å². The minimum Gasteiger partial charge on any atom is -0.342 e. The predicted molar refractivity (Wildman–Crippen MR) is 147 cm³/mol. The Morgan fingerprint density at radius 1 is 1.08 bits per heavy atom. The van der Waals surface area contributed by atoms with Crippen LogP contribution in [-0.4, -0.2) is 39.7 Å². The van der Waals surface area contributed by atoms with E-state index in [-0.39, 0.29) is 22.3 Å². The lowest BCUT2D eigenvalue weighted by atomic mass is 9.80. The number of piperidine rings is 1. The van der Waals surface area contributed by atoms with Gasteiger partial charge in [0.2, 0.25) is 5.91 Å². The molecule has 4 aliphatic rings. The summed E-state index contributed by atoms with van der Waals surface area (Å²) in [6.07, 6.45) is 7.17. The molecule has 2 aliphatic heterocycles. The first-order valence-corrected chi connectivity index (χ1v) is 14.2. The van der Waals surface area contributed by atoms with Crippen LogP contribution >= 0.6 is 11.6 Å². The quantitative estimate of drug-likeness (QED) is 0.418. The van der Waals surface area contributed by atoms with E-state index in [0.29, 0.717) is 16.3 Å². The molecule has 2 saturated carbocycles. The summed E-state index contributed by atoms with van der Waals surface area (Å²) in [6.45, 7) is 5.74. The number of benzene rings is 2. The van der Waals surface area contributed by atoms with Gasteiger partial charge >= 0.3 is 0 Å². The summed E-state index contributed by atoms with van der Waals surface area (Å²) in [4.78, 5) is 44.8. The van der Waals surface area contributed by atoms with Crippen LogP contribution in [0.1, 0.15) is 81.7 Å². The van der Waals surface area contributed by atoms with Crippen LogP contribution < -0.4 is 5.56 Å². The third-order valence-corrected chi connectivity index (χ3v) is 10.5. The van der Waals surface area contributed by atoms with Crippen LogP contribution in [0.15, 0.2) is 41.2 Å². The summed E-state index contributed by atoms with van der Waals surface area (Å²) < 4.78 is 2.11. The number of carbonyl (C=O) groups is 2. The highest BCUT2D eigenvalue weighted by atomic mass is 35.5. The standard InChI is InChI=1S/C31H32ClN3O3/c1-29(2)21-7-6-20(16-24(21)35-23-5-3-4-22(32)25(23)26(37)33-27(29)35)19-8-14-34(15-9-19)28(38)31-12-10-30(17-31,18-36)11-13-31/h3-7,16,18-19H,8-15,17H2,1-2H3. The number of rotatable bonds is 3. The Morgan fingerprint density at radius 3 is 2.50 bits per heavy atom. The minimum absolute atomic E-state index is 0.240. The van der Waals surface area contributed by atoms with Gasteiger partial charge in [0.25, 0.3) is 5.56 Å². The lowest BCUT2D eigenvalue weighted by molar-refractivity contribution is -0.142. The van der Waals surface area contributed by atoms with Crippen molar-refractivity contribution >= 4 is 34.7 Å². The van der Waals surface area contributed by atoms with Crippen molar-refractivity contribution in [3.05, 3.63) is 68.7 Å². The van der Waals surface area contributed by atoms with Gasteiger partial charge in [0.05, 0.1) is 32.4 Å². The van der Waals surface area contributed by atoms with Crippen LogP contribution in [0.3, 0.4) is 0 Å². The topological polar surface area (TPSA) is 72.3 Å². The fraction of sp³-hybridized carbons (Fsp3) is 0.484. The SMILES string of the molecule is CC1(C)c2ccc(C3CCN(C(=O)C45CCC(C=O)(CC4)C5)CC3)cc2-n2c1nc(=O)c1c(Cl)cccc12. The molecule has 1 aromatic heterocycles. The molecule has 6 nitrogen and oxygen atoms in total. The van der Waals surface area contributed by atoms with E-state index in [1.54, 1.807) is 6.07 Å². The normalized spacial score (nSPS) is 27.5. The predicted octanol–water partition coefficient (Wildman–Crippen LogP) is 5.53. The van der Waals surface area contributed by atoms with Gasteiger partial charge in [-0.1, -0.05) is 29.8 Å². The molecule has 3 heterocycles. The molecule has 0 spiro atoms. The van der Waals surface area contributed by atoms with Crippen molar-refractivity contribution in [3.8, 4) is 5.69 Å². The van der Waals surface area contributed by atoms with Crippen LogP contribution in [0.2, 0.25) is 5.02 Å². The number of amides is 1. The molecule has 0 unspecified atom stereocenters. The first-order valence-electron chi connectivity index (χ1n) is 13.8. The molecule has 2 bridgehead atoms. The van der Waals surface area contributed by atoms with Crippen molar-refractivity contribution in [2.75, 3.05) is 13.1 Å². The Kier molecular flexibility index (Phi) is 5.08. The zero-order chi connectivity index (χ0) is 26.4. The molecule has 0 N–H and O–H groups in total. The molecule has 38 heavy (non-hydrogen) atoms. The van der Waals surface area contributed by atoms with Crippen LogP contribution in [-0.2, 0) is 15.0 Å². The van der Waals surface area contributed by atoms with Gasteiger partial charge in [-0.05, 0) is 94.0 Å². The Bertz CT molecular complexity index is 1570. The molecule has 2 aromatic carbocycles. The van der Waals surface area contributed by atoms with Crippen LogP contribution in [0, 0.1) is 10.8 Å². The summed E-state index contributed by atoms with van der Waals surface area (Å²) in [5.74, 6) is 1.38. The summed E-state index contributed by atoms with van der Waals surface area (Å²) in [5.41, 5.74) is 3.01. The maximum absolute atomic E-state index is 13.6. The van der Waals surface area contributed by atoms with Gasteiger partial charge in [-0.15, -0.1) is 0 Å². The van der Waals surface area contributed by atoms with Crippen LogP contribution in [0.25, 0.3) is 16.6 Å². The number of nitrogens with zero attached hydrogens (tertiary/aromatic N) is 3. The number of hydrogen-bond donors (Lipinski definition) is 0. The van der Waals surface area contributed by atoms with Gasteiger partial charge < -0.3 is 9.69 Å². The maximum Gasteiger partial charge on any atom is 0.282 e. The number of aldehydes is 1. The molecule has 2 aliphatic carbocycles. The number of aromatic nitrogens is 2. The molecule has 1 saturated heterocycles. The highest BCUT2D eigenvalue weighted by molar-refractivity contribution is 6.35. The zero-order valence-electron chi connectivity index (χ0n) is 21.9. The molecular formula is C31H32ClN3O3. The molecular weight excluding hydrogens is 498 g/mol. The Hall–Kier alpha value is -2.99. The van der Waals surface area contributed by atoms with Gasteiger partial charge in [-0.25, -0.2) is 0 Å². The third kappa shape index (κ3) is 3.19. The third-order valence-electron chi connectivity index (χ3n) is 10.2. The van der Waals surface area contributed by atoms with Crippen molar-refractivity contribution in [1.82, 2.24) is 14.5 Å². The van der Waals surface area contributed by atoms with E-state index in [9.17, 15) is 14.4 Å². The maximum atomic E-state index is 13.6. The monoisotopic (exact) mass is 529 g/mol.